The number of likely N-dealkylation sites (N-methyl/N-ethyl adjacent to an activating group) is 1. The Morgan fingerprint density at radius 1 is 1.33 bits per heavy atom. The van der Waals surface area contributed by atoms with Gasteiger partial charge in [-0.1, -0.05) is 19.1 Å². The minimum absolute atomic E-state index is 0.0494. The molecule has 0 aliphatic heterocycles. The number of hydrogen-bond donors (Lipinski definition) is 0. The van der Waals surface area contributed by atoms with E-state index in [4.69, 9.17) is 0 Å². The Morgan fingerprint density at radius 3 is 2.52 bits per heavy atom. The summed E-state index contributed by atoms with van der Waals surface area (Å²) in [6.45, 7) is 5.54. The normalized spacial score (nSPS) is 13.0. The predicted octanol–water partition coefficient (Wildman–Crippen LogP) is 2.04. The van der Waals surface area contributed by atoms with Gasteiger partial charge in [0.05, 0.1) is 12.2 Å². The van der Waals surface area contributed by atoms with Gasteiger partial charge in [-0.15, -0.1) is 0 Å². The van der Waals surface area contributed by atoms with E-state index in [-0.39, 0.29) is 35.7 Å². The van der Waals surface area contributed by atoms with Crippen molar-refractivity contribution in [1.29, 1.82) is 0 Å². The first kappa shape index (κ1) is 17.6. The first-order valence-corrected chi connectivity index (χ1v) is 8.85. The first-order valence-electron chi connectivity index (χ1n) is 7.03. The number of carbonyl (C=O) groups is 1. The second-order valence-corrected chi connectivity index (χ2v) is 7.43. The zero-order valence-corrected chi connectivity index (χ0v) is 13.5. The van der Waals surface area contributed by atoms with Crippen LogP contribution in [0.4, 0.5) is 4.39 Å². The number of benzene rings is 1. The third-order valence-electron chi connectivity index (χ3n) is 3.37. The fourth-order valence-corrected chi connectivity index (χ4v) is 3.38. The van der Waals surface area contributed by atoms with Gasteiger partial charge in [0.25, 0.3) is 0 Å². The average Bonchev–Trinajstić information content (AvgIpc) is 2.38. The van der Waals surface area contributed by atoms with E-state index in [1.54, 1.807) is 32.9 Å². The Labute approximate surface area is 125 Å². The van der Waals surface area contributed by atoms with Crippen molar-refractivity contribution in [3.63, 3.8) is 0 Å². The van der Waals surface area contributed by atoms with Gasteiger partial charge in [0.2, 0.25) is 5.91 Å². The zero-order chi connectivity index (χ0) is 16.0. The number of halogens is 1. The second-order valence-electron chi connectivity index (χ2n) is 5.03. The molecule has 0 spiro atoms. The molecule has 1 amide bonds. The molecule has 0 saturated heterocycles. The lowest BCUT2D eigenvalue weighted by Gasteiger charge is -2.28. The molecule has 0 bridgehead atoms. The molecular formula is C15H22FNO3S. The summed E-state index contributed by atoms with van der Waals surface area (Å²) in [5, 5.41) is 0. The summed E-state index contributed by atoms with van der Waals surface area (Å²) in [7, 11) is -3.14. The fourth-order valence-electron chi connectivity index (χ4n) is 2.23. The zero-order valence-electron chi connectivity index (χ0n) is 12.7. The van der Waals surface area contributed by atoms with Crippen molar-refractivity contribution >= 4 is 15.7 Å². The molecule has 6 heteroatoms. The van der Waals surface area contributed by atoms with Crippen molar-refractivity contribution in [3.8, 4) is 0 Å². The maximum absolute atomic E-state index is 13.1. The van der Waals surface area contributed by atoms with Crippen molar-refractivity contribution in [2.45, 2.75) is 33.2 Å². The predicted molar refractivity (Wildman–Crippen MR) is 81.3 cm³/mol. The largest absolute Gasteiger partial charge is 0.339 e. The quantitative estimate of drug-likeness (QED) is 0.774. The van der Waals surface area contributed by atoms with Crippen LogP contribution in [0.1, 0.15) is 26.3 Å². The van der Waals surface area contributed by atoms with E-state index in [1.165, 1.54) is 17.0 Å². The van der Waals surface area contributed by atoms with Gasteiger partial charge < -0.3 is 4.90 Å². The van der Waals surface area contributed by atoms with Crippen molar-refractivity contribution < 1.29 is 17.6 Å². The monoisotopic (exact) mass is 315 g/mol. The summed E-state index contributed by atoms with van der Waals surface area (Å²) >= 11 is 0. The SMILES string of the molecule is CCN(C(=O)Cc1cccc(F)c1)C(C)CS(=O)(=O)CC. The summed E-state index contributed by atoms with van der Waals surface area (Å²) in [5.74, 6) is -0.564. The van der Waals surface area contributed by atoms with Crippen molar-refractivity contribution in [2.24, 2.45) is 0 Å². The molecule has 0 aliphatic rings. The molecule has 0 heterocycles. The number of hydrogen-bond acceptors (Lipinski definition) is 3. The Kier molecular flexibility index (Phi) is 6.33. The second kappa shape index (κ2) is 7.54. The van der Waals surface area contributed by atoms with Crippen molar-refractivity contribution in [3.05, 3.63) is 35.6 Å². The number of nitrogens with zero attached hydrogens (tertiary/aromatic N) is 1. The summed E-state index contributed by atoms with van der Waals surface area (Å²) in [6, 6.07) is 5.49. The number of sulfone groups is 1. The molecule has 1 aromatic rings. The average molecular weight is 315 g/mol. The minimum Gasteiger partial charge on any atom is -0.339 e. The highest BCUT2D eigenvalue weighted by Crippen LogP contribution is 2.10. The molecule has 0 saturated carbocycles. The van der Waals surface area contributed by atoms with Crippen LogP contribution in [-0.2, 0) is 21.1 Å². The van der Waals surface area contributed by atoms with Gasteiger partial charge in [0.15, 0.2) is 9.84 Å². The molecule has 0 aliphatic carbocycles. The molecule has 21 heavy (non-hydrogen) atoms. The van der Waals surface area contributed by atoms with Crippen LogP contribution in [0.25, 0.3) is 0 Å². The van der Waals surface area contributed by atoms with Gasteiger partial charge in [0.1, 0.15) is 5.82 Å². The summed E-state index contributed by atoms with van der Waals surface area (Å²) in [4.78, 5) is 13.8. The Balaban J connectivity index is 2.77. The van der Waals surface area contributed by atoms with E-state index in [2.05, 4.69) is 0 Å². The highest BCUT2D eigenvalue weighted by molar-refractivity contribution is 7.91. The highest BCUT2D eigenvalue weighted by Gasteiger charge is 2.23. The lowest BCUT2D eigenvalue weighted by molar-refractivity contribution is -0.131. The van der Waals surface area contributed by atoms with Gasteiger partial charge in [-0.25, -0.2) is 12.8 Å². The summed E-state index contributed by atoms with van der Waals surface area (Å²) in [6.07, 6.45) is 0.0715. The molecule has 1 aromatic carbocycles. The Bertz CT molecular complexity index is 586. The number of rotatable bonds is 7. The number of amides is 1. The maximum Gasteiger partial charge on any atom is 0.227 e. The van der Waals surface area contributed by atoms with E-state index in [9.17, 15) is 17.6 Å². The van der Waals surface area contributed by atoms with Crippen LogP contribution in [0.5, 0.6) is 0 Å². The van der Waals surface area contributed by atoms with Gasteiger partial charge in [-0.05, 0) is 31.5 Å². The van der Waals surface area contributed by atoms with Gasteiger partial charge >= 0.3 is 0 Å². The van der Waals surface area contributed by atoms with Gasteiger partial charge in [0, 0.05) is 18.3 Å². The van der Waals surface area contributed by atoms with E-state index in [0.29, 0.717) is 12.1 Å². The molecule has 0 fully saturated rings. The van der Waals surface area contributed by atoms with Crippen molar-refractivity contribution in [2.75, 3.05) is 18.1 Å². The molecule has 118 valence electrons. The molecule has 1 rings (SSSR count). The third-order valence-corrected chi connectivity index (χ3v) is 5.24. The van der Waals surface area contributed by atoms with E-state index in [0.717, 1.165) is 0 Å². The smallest absolute Gasteiger partial charge is 0.227 e. The molecular weight excluding hydrogens is 293 g/mol. The lowest BCUT2D eigenvalue weighted by Crippen LogP contribution is -2.43. The molecule has 4 nitrogen and oxygen atoms in total. The molecule has 1 unspecified atom stereocenters. The summed E-state index contributed by atoms with van der Waals surface area (Å²) in [5.41, 5.74) is 0.587. The Hall–Kier alpha value is -1.43. The van der Waals surface area contributed by atoms with Crippen molar-refractivity contribution in [1.82, 2.24) is 4.90 Å². The maximum atomic E-state index is 13.1. The Morgan fingerprint density at radius 2 is 2.00 bits per heavy atom. The number of carbonyl (C=O) groups excluding carboxylic acids is 1. The third kappa shape index (κ3) is 5.46. The van der Waals surface area contributed by atoms with Crippen LogP contribution in [0.15, 0.2) is 24.3 Å². The van der Waals surface area contributed by atoms with E-state index >= 15 is 0 Å². The van der Waals surface area contributed by atoms with E-state index < -0.39 is 9.84 Å². The van der Waals surface area contributed by atoms with Gasteiger partial charge in [-0.3, -0.25) is 4.79 Å². The van der Waals surface area contributed by atoms with Crippen LogP contribution in [0.2, 0.25) is 0 Å². The fraction of sp³-hybridized carbons (Fsp3) is 0.533. The first-order chi connectivity index (χ1) is 9.79. The van der Waals surface area contributed by atoms with Crippen LogP contribution in [0.3, 0.4) is 0 Å². The van der Waals surface area contributed by atoms with E-state index in [1.807, 2.05) is 0 Å². The van der Waals surface area contributed by atoms with Crippen LogP contribution in [-0.4, -0.2) is 43.3 Å². The topological polar surface area (TPSA) is 54.5 Å². The van der Waals surface area contributed by atoms with Crippen LogP contribution >= 0.6 is 0 Å². The minimum atomic E-state index is -3.14. The molecule has 1 atom stereocenters. The van der Waals surface area contributed by atoms with Crippen LogP contribution in [0, 0.1) is 5.82 Å². The highest BCUT2D eigenvalue weighted by atomic mass is 32.2. The summed E-state index contributed by atoms with van der Waals surface area (Å²) < 4.78 is 36.5. The lowest BCUT2D eigenvalue weighted by atomic mass is 10.1. The van der Waals surface area contributed by atoms with Gasteiger partial charge in [-0.2, -0.15) is 0 Å². The van der Waals surface area contributed by atoms with Crippen LogP contribution < -0.4 is 0 Å². The molecule has 0 N–H and O–H groups in total. The molecule has 0 aromatic heterocycles. The molecule has 0 radical (unpaired) electrons. The standard InChI is InChI=1S/C15H22FNO3S/c1-4-17(12(3)11-21(19,20)5-2)15(18)10-13-7-6-8-14(16)9-13/h6-9,12H,4-5,10-11H2,1-3H3.